The van der Waals surface area contributed by atoms with E-state index in [1.165, 1.54) is 0 Å². The van der Waals surface area contributed by atoms with Gasteiger partial charge in [0.05, 0.1) is 32.1 Å². The molecule has 0 atom stereocenters. The molecule has 1 heterocycles. The van der Waals surface area contributed by atoms with Gasteiger partial charge in [-0.05, 0) is 85.9 Å². The number of aromatic nitrogens is 2. The standard InChI is InChI=1S/C44H35Cl2N2OP/c1-28-20-22-30(3)35(24-28)41-42(48-40-27-38(46)37(45)26-39(40)47-41)44(43(49)36-25-29(2)21-23-31(36)4)50(32-14-8-5-9-15-32,33-16-10-6-11-17-33)34-18-12-7-13-19-34/h5-27H,1-4H3. The molecule has 7 aromatic rings. The topological polar surface area (TPSA) is 42.9 Å². The lowest BCUT2D eigenvalue weighted by molar-refractivity contribution is 0.106. The highest BCUT2D eigenvalue weighted by molar-refractivity contribution is 7.97. The van der Waals surface area contributed by atoms with Crippen molar-refractivity contribution in [2.24, 2.45) is 0 Å². The summed E-state index contributed by atoms with van der Waals surface area (Å²) < 4.78 is 0. The summed E-state index contributed by atoms with van der Waals surface area (Å²) in [7, 11) is 0. The van der Waals surface area contributed by atoms with E-state index in [0.717, 1.165) is 43.7 Å². The van der Waals surface area contributed by atoms with Gasteiger partial charge in [-0.1, -0.05) is 150 Å². The van der Waals surface area contributed by atoms with Gasteiger partial charge in [0.15, 0.2) is 5.78 Å². The fourth-order valence-electron chi connectivity index (χ4n) is 6.71. The molecule has 0 saturated carbocycles. The number of Topliss-reactive ketones (excluding diaryl/α,β-unsaturated/α-hetero) is 1. The Morgan fingerprint density at radius 3 is 1.52 bits per heavy atom. The Hall–Kier alpha value is -4.79. The molecule has 6 heteroatoms. The van der Waals surface area contributed by atoms with Crippen LogP contribution < -0.4 is 15.9 Å². The number of fused-ring (bicyclic) bond motifs is 1. The molecular weight excluding hydrogens is 674 g/mol. The first-order valence-corrected chi connectivity index (χ1v) is 19.0. The van der Waals surface area contributed by atoms with Crippen molar-refractivity contribution in [3.63, 3.8) is 0 Å². The largest absolute Gasteiger partial charge is 0.288 e. The van der Waals surface area contributed by atoms with E-state index < -0.39 is 6.89 Å². The number of rotatable bonds is 7. The first-order valence-electron chi connectivity index (χ1n) is 16.5. The van der Waals surface area contributed by atoms with Gasteiger partial charge in [0.1, 0.15) is 5.69 Å². The first kappa shape index (κ1) is 33.7. The van der Waals surface area contributed by atoms with E-state index in [4.69, 9.17) is 33.2 Å². The van der Waals surface area contributed by atoms with Gasteiger partial charge in [0.25, 0.3) is 0 Å². The predicted octanol–water partition coefficient (Wildman–Crippen LogP) is 10.2. The van der Waals surface area contributed by atoms with Crippen molar-refractivity contribution in [2.45, 2.75) is 27.7 Å². The zero-order chi connectivity index (χ0) is 35.0. The van der Waals surface area contributed by atoms with Crippen LogP contribution in [0.2, 0.25) is 10.0 Å². The number of carbonyl (C=O) groups is 1. The van der Waals surface area contributed by atoms with E-state index in [1.807, 2.05) is 50.2 Å². The van der Waals surface area contributed by atoms with E-state index >= 15 is 4.79 Å². The summed E-state index contributed by atoms with van der Waals surface area (Å²) in [5, 5.41) is 4.48. The second kappa shape index (κ2) is 13.8. The summed E-state index contributed by atoms with van der Waals surface area (Å²) in [6, 6.07) is 47.1. The molecule has 0 aliphatic carbocycles. The van der Waals surface area contributed by atoms with E-state index in [-0.39, 0.29) is 5.78 Å². The molecule has 7 rings (SSSR count). The highest BCUT2D eigenvalue weighted by Gasteiger charge is 2.37. The van der Waals surface area contributed by atoms with E-state index in [9.17, 15) is 0 Å². The number of ketones is 1. The smallest absolute Gasteiger partial charge is 0.196 e. The molecule has 0 fully saturated rings. The van der Waals surface area contributed by atoms with Crippen LogP contribution in [0.1, 0.15) is 38.3 Å². The molecule has 0 unspecified atom stereocenters. The summed E-state index contributed by atoms with van der Waals surface area (Å²) in [5.41, 5.74) is 7.83. The molecule has 0 aliphatic rings. The minimum absolute atomic E-state index is 0.0867. The van der Waals surface area contributed by atoms with Gasteiger partial charge in [-0.15, -0.1) is 0 Å². The van der Waals surface area contributed by atoms with Gasteiger partial charge < -0.3 is 0 Å². The van der Waals surface area contributed by atoms with Crippen LogP contribution in [-0.2, 0) is 0 Å². The second-order valence-corrected chi connectivity index (χ2v) is 16.8. The minimum atomic E-state index is -3.01. The normalized spacial score (nSPS) is 11.5. The second-order valence-electron chi connectivity index (χ2n) is 12.7. The van der Waals surface area contributed by atoms with Gasteiger partial charge >= 0.3 is 0 Å². The highest BCUT2D eigenvalue weighted by Crippen LogP contribution is 2.49. The Morgan fingerprint density at radius 2 is 1.00 bits per heavy atom. The first-order chi connectivity index (χ1) is 24.2. The average Bonchev–Trinajstić information content (AvgIpc) is 3.13. The zero-order valence-corrected chi connectivity index (χ0v) is 30.7. The Balaban J connectivity index is 1.82. The lowest BCUT2D eigenvalue weighted by Gasteiger charge is -2.33. The Labute approximate surface area is 303 Å². The zero-order valence-electron chi connectivity index (χ0n) is 28.3. The average molecular weight is 710 g/mol. The molecule has 0 saturated heterocycles. The van der Waals surface area contributed by atoms with Crippen LogP contribution in [0, 0.1) is 27.7 Å². The maximum absolute atomic E-state index is 16.0. The van der Waals surface area contributed by atoms with E-state index in [2.05, 4.69) is 105 Å². The van der Waals surface area contributed by atoms with Gasteiger partial charge in [0.2, 0.25) is 0 Å². The fourth-order valence-corrected chi connectivity index (χ4v) is 11.5. The van der Waals surface area contributed by atoms with Gasteiger partial charge in [-0.3, -0.25) is 4.79 Å². The van der Waals surface area contributed by atoms with Crippen molar-refractivity contribution in [1.29, 1.82) is 0 Å². The minimum Gasteiger partial charge on any atom is -0.288 e. The van der Waals surface area contributed by atoms with E-state index in [1.54, 1.807) is 12.1 Å². The Bertz CT molecular complexity index is 2360. The molecular formula is C44H35Cl2N2OP. The number of aryl methyl sites for hydroxylation is 4. The molecule has 1 aromatic heterocycles. The number of hydrogen-bond acceptors (Lipinski definition) is 3. The van der Waals surface area contributed by atoms with Crippen molar-refractivity contribution in [3.8, 4) is 11.3 Å². The van der Waals surface area contributed by atoms with Gasteiger partial charge in [-0.2, -0.15) is 0 Å². The van der Waals surface area contributed by atoms with Crippen LogP contribution in [0.5, 0.6) is 0 Å². The maximum atomic E-state index is 16.0. The lowest BCUT2D eigenvalue weighted by atomic mass is 9.95. The van der Waals surface area contributed by atoms with Crippen LogP contribution in [0.25, 0.3) is 22.3 Å². The summed E-state index contributed by atoms with van der Waals surface area (Å²) in [4.78, 5) is 26.7. The number of halogens is 2. The molecule has 0 spiro atoms. The van der Waals surface area contributed by atoms with Crippen molar-refractivity contribution < 1.29 is 4.79 Å². The van der Waals surface area contributed by atoms with Crippen LogP contribution in [0.3, 0.4) is 0 Å². The summed E-state index contributed by atoms with van der Waals surface area (Å²) >= 11 is 13.2. The quantitative estimate of drug-likeness (QED) is 0.122. The monoisotopic (exact) mass is 708 g/mol. The summed E-state index contributed by atoms with van der Waals surface area (Å²) in [6.07, 6.45) is 0. The van der Waals surface area contributed by atoms with Crippen LogP contribution in [0.15, 0.2) is 140 Å². The van der Waals surface area contributed by atoms with Crippen LogP contribution in [0.4, 0.5) is 0 Å². The van der Waals surface area contributed by atoms with Crippen molar-refractivity contribution in [3.05, 3.63) is 183 Å². The van der Waals surface area contributed by atoms with Crippen LogP contribution >= 0.6 is 30.1 Å². The van der Waals surface area contributed by atoms with Crippen molar-refractivity contribution in [1.82, 2.24) is 9.97 Å². The Kier molecular flexibility index (Phi) is 9.33. The molecule has 0 bridgehead atoms. The third-order valence-corrected chi connectivity index (χ3v) is 14.2. The maximum Gasteiger partial charge on any atom is 0.196 e. The van der Waals surface area contributed by atoms with E-state index in [0.29, 0.717) is 43.3 Å². The van der Waals surface area contributed by atoms with Crippen molar-refractivity contribution >= 4 is 68.1 Å². The van der Waals surface area contributed by atoms with Gasteiger partial charge in [-0.25, -0.2) is 9.97 Å². The van der Waals surface area contributed by atoms with Crippen LogP contribution in [-0.4, -0.2) is 21.0 Å². The SMILES string of the molecule is Cc1ccc(C)c(C(=O)C(c2nc3cc(Cl)c(Cl)cc3nc2-c2cc(C)ccc2C)=P(c2ccccc2)(c2ccccc2)c2ccccc2)c1. The van der Waals surface area contributed by atoms with Gasteiger partial charge in [0, 0.05) is 11.1 Å². The molecule has 0 N–H and O–H groups in total. The predicted molar refractivity (Wildman–Crippen MR) is 214 cm³/mol. The number of nitrogens with zero attached hydrogens (tertiary/aromatic N) is 2. The highest BCUT2D eigenvalue weighted by atomic mass is 35.5. The molecule has 6 aromatic carbocycles. The molecule has 3 nitrogen and oxygen atoms in total. The number of hydrogen-bond donors (Lipinski definition) is 0. The molecule has 0 amide bonds. The number of carbonyl (C=O) groups excluding carboxylic acids is 1. The summed E-state index contributed by atoms with van der Waals surface area (Å²) in [5.74, 6) is -0.0867. The molecule has 246 valence electrons. The number of benzene rings is 6. The Morgan fingerprint density at radius 1 is 0.540 bits per heavy atom. The molecule has 0 aliphatic heterocycles. The molecule has 50 heavy (non-hydrogen) atoms. The van der Waals surface area contributed by atoms with Crippen molar-refractivity contribution in [2.75, 3.05) is 0 Å². The third-order valence-electron chi connectivity index (χ3n) is 9.20. The molecule has 0 radical (unpaired) electrons. The fraction of sp³-hybridized carbons (Fsp3) is 0.0909. The third kappa shape index (κ3) is 6.01. The summed E-state index contributed by atoms with van der Waals surface area (Å²) in [6.45, 7) is 5.14. The lowest BCUT2D eigenvalue weighted by Crippen LogP contribution is -2.35.